The number of esters is 1. The Morgan fingerprint density at radius 2 is 1.71 bits per heavy atom. The van der Waals surface area contributed by atoms with Crippen molar-refractivity contribution in [1.82, 2.24) is 10.2 Å². The zero-order chi connectivity index (χ0) is 15.8. The van der Waals surface area contributed by atoms with Crippen LogP contribution in [0.3, 0.4) is 0 Å². The van der Waals surface area contributed by atoms with Gasteiger partial charge in [-0.3, -0.25) is 4.79 Å². The number of rotatable bonds is 15. The van der Waals surface area contributed by atoms with Gasteiger partial charge in [-0.15, -0.1) is 0 Å². The van der Waals surface area contributed by atoms with Gasteiger partial charge in [0.15, 0.2) is 0 Å². The smallest absolute Gasteiger partial charge is 0.305 e. The first kappa shape index (κ1) is 20.3. The van der Waals surface area contributed by atoms with Crippen molar-refractivity contribution in [3.8, 4) is 0 Å². The molecule has 0 spiro atoms. The third-order valence-electron chi connectivity index (χ3n) is 3.66. The van der Waals surface area contributed by atoms with Crippen LogP contribution in [0.2, 0.25) is 0 Å². The number of hydrogen-bond acceptors (Lipinski definition) is 4. The first-order chi connectivity index (χ1) is 10.2. The van der Waals surface area contributed by atoms with E-state index in [4.69, 9.17) is 12.2 Å². The van der Waals surface area contributed by atoms with Crippen LogP contribution >= 0.6 is 12.2 Å². The molecule has 5 heteroatoms. The summed E-state index contributed by atoms with van der Waals surface area (Å²) in [6.45, 7) is 6.65. The largest absolute Gasteiger partial charge is 0.469 e. The summed E-state index contributed by atoms with van der Waals surface area (Å²) in [5.41, 5.74) is 1.59. The third-order valence-corrected chi connectivity index (χ3v) is 3.83. The SMILES string of the molecule is CCN(CCCCCCCCC(=O)OC)CCCNC=S. The Kier molecular flexibility index (Phi) is 15.2. The van der Waals surface area contributed by atoms with Gasteiger partial charge < -0.3 is 15.0 Å². The molecule has 1 N–H and O–H groups in total. The number of ether oxygens (including phenoxy) is 1. The summed E-state index contributed by atoms with van der Waals surface area (Å²) in [5, 5.41) is 3.07. The maximum Gasteiger partial charge on any atom is 0.305 e. The highest BCUT2D eigenvalue weighted by Crippen LogP contribution is 2.08. The first-order valence-corrected chi connectivity index (χ1v) is 8.68. The maximum absolute atomic E-state index is 10.9. The predicted octanol–water partition coefficient (Wildman–Crippen LogP) is 3.15. The van der Waals surface area contributed by atoms with Gasteiger partial charge in [0.05, 0.1) is 12.6 Å². The van der Waals surface area contributed by atoms with Gasteiger partial charge in [-0.25, -0.2) is 0 Å². The first-order valence-electron chi connectivity index (χ1n) is 8.20. The second-order valence-electron chi connectivity index (χ2n) is 5.31. The fourth-order valence-corrected chi connectivity index (χ4v) is 2.42. The predicted molar refractivity (Wildman–Crippen MR) is 92.7 cm³/mol. The summed E-state index contributed by atoms with van der Waals surface area (Å²) in [6, 6.07) is 0. The normalized spacial score (nSPS) is 10.6. The Balaban J connectivity index is 3.34. The van der Waals surface area contributed by atoms with Crippen molar-refractivity contribution in [2.24, 2.45) is 0 Å². The van der Waals surface area contributed by atoms with Gasteiger partial charge in [-0.2, -0.15) is 0 Å². The summed E-state index contributed by atoms with van der Waals surface area (Å²) < 4.78 is 4.62. The molecule has 124 valence electrons. The molecule has 21 heavy (non-hydrogen) atoms. The summed E-state index contributed by atoms with van der Waals surface area (Å²) in [7, 11) is 1.45. The summed E-state index contributed by atoms with van der Waals surface area (Å²) in [4.78, 5) is 13.4. The van der Waals surface area contributed by atoms with Crippen LogP contribution < -0.4 is 5.32 Å². The minimum atomic E-state index is -0.0864. The van der Waals surface area contributed by atoms with E-state index >= 15 is 0 Å². The topological polar surface area (TPSA) is 41.6 Å². The Morgan fingerprint density at radius 1 is 1.10 bits per heavy atom. The zero-order valence-corrected chi connectivity index (χ0v) is 14.6. The van der Waals surface area contributed by atoms with E-state index in [2.05, 4.69) is 21.9 Å². The monoisotopic (exact) mass is 316 g/mol. The van der Waals surface area contributed by atoms with Crippen molar-refractivity contribution in [2.45, 2.75) is 58.3 Å². The average molecular weight is 317 g/mol. The van der Waals surface area contributed by atoms with E-state index in [0.717, 1.165) is 38.9 Å². The quantitative estimate of drug-likeness (QED) is 0.285. The van der Waals surface area contributed by atoms with Crippen molar-refractivity contribution in [3.05, 3.63) is 0 Å². The maximum atomic E-state index is 10.9. The molecule has 0 rings (SSSR count). The Bertz CT molecular complexity index is 263. The number of hydrogen-bond donors (Lipinski definition) is 1. The Hall–Kier alpha value is -0.680. The molecule has 0 saturated carbocycles. The third kappa shape index (κ3) is 14.0. The van der Waals surface area contributed by atoms with Crippen LogP contribution in [-0.2, 0) is 9.53 Å². The molecular formula is C16H32N2O2S. The average Bonchev–Trinajstić information content (AvgIpc) is 2.51. The van der Waals surface area contributed by atoms with E-state index in [9.17, 15) is 4.79 Å². The van der Waals surface area contributed by atoms with Gasteiger partial charge in [-0.05, 0) is 38.9 Å². The minimum absolute atomic E-state index is 0.0864. The Morgan fingerprint density at radius 3 is 2.33 bits per heavy atom. The molecule has 0 aromatic carbocycles. The molecule has 0 saturated heterocycles. The van der Waals surface area contributed by atoms with Crippen LogP contribution in [0.5, 0.6) is 0 Å². The molecule has 0 aliphatic heterocycles. The van der Waals surface area contributed by atoms with Gasteiger partial charge in [0.1, 0.15) is 0 Å². The van der Waals surface area contributed by atoms with Crippen LogP contribution in [0.25, 0.3) is 0 Å². The molecule has 0 aliphatic carbocycles. The van der Waals surface area contributed by atoms with E-state index in [1.54, 1.807) is 5.49 Å². The second kappa shape index (κ2) is 15.7. The van der Waals surface area contributed by atoms with Crippen molar-refractivity contribution < 1.29 is 9.53 Å². The van der Waals surface area contributed by atoms with E-state index in [1.807, 2.05) is 0 Å². The highest BCUT2D eigenvalue weighted by molar-refractivity contribution is 7.78. The molecule has 0 amide bonds. The van der Waals surface area contributed by atoms with Gasteiger partial charge in [0.2, 0.25) is 0 Å². The molecule has 0 atom stereocenters. The number of methoxy groups -OCH3 is 1. The lowest BCUT2D eigenvalue weighted by Gasteiger charge is -2.20. The van der Waals surface area contributed by atoms with E-state index < -0.39 is 0 Å². The molecule has 0 radical (unpaired) electrons. The lowest BCUT2D eigenvalue weighted by molar-refractivity contribution is -0.140. The molecule has 4 nitrogen and oxygen atoms in total. The molecular weight excluding hydrogens is 284 g/mol. The standard InChI is InChI=1S/C16H32N2O2S/c1-3-18(14-10-12-17-15-21)13-9-7-5-4-6-8-11-16(19)20-2/h15H,3-14H2,1-2H3,(H,17,21). The van der Waals surface area contributed by atoms with Crippen molar-refractivity contribution in [3.63, 3.8) is 0 Å². The fourth-order valence-electron chi connectivity index (χ4n) is 2.31. The van der Waals surface area contributed by atoms with Crippen molar-refractivity contribution in [1.29, 1.82) is 0 Å². The fraction of sp³-hybridized carbons (Fsp3) is 0.875. The zero-order valence-electron chi connectivity index (χ0n) is 13.7. The number of unbranched alkanes of at least 4 members (excludes halogenated alkanes) is 5. The summed E-state index contributed by atoms with van der Waals surface area (Å²) in [6.07, 6.45) is 8.85. The number of nitrogens with one attached hydrogen (secondary N) is 1. The number of carbonyl (C=O) groups excluding carboxylic acids is 1. The van der Waals surface area contributed by atoms with E-state index in [-0.39, 0.29) is 5.97 Å². The van der Waals surface area contributed by atoms with Gasteiger partial charge in [0.25, 0.3) is 0 Å². The van der Waals surface area contributed by atoms with Gasteiger partial charge in [-0.1, -0.05) is 44.8 Å². The molecule has 0 aliphatic rings. The number of thiocarbonyl (C=S) groups is 1. The lowest BCUT2D eigenvalue weighted by atomic mass is 10.1. The highest BCUT2D eigenvalue weighted by atomic mass is 32.1. The van der Waals surface area contributed by atoms with Gasteiger partial charge >= 0.3 is 5.97 Å². The van der Waals surface area contributed by atoms with Crippen molar-refractivity contribution >= 4 is 23.7 Å². The molecule has 0 fully saturated rings. The van der Waals surface area contributed by atoms with Crippen LogP contribution in [0, 0.1) is 0 Å². The van der Waals surface area contributed by atoms with Crippen LogP contribution in [-0.4, -0.2) is 49.6 Å². The van der Waals surface area contributed by atoms with Crippen LogP contribution in [0.15, 0.2) is 0 Å². The van der Waals surface area contributed by atoms with Crippen molar-refractivity contribution in [2.75, 3.05) is 33.3 Å². The van der Waals surface area contributed by atoms with E-state index in [1.165, 1.54) is 39.3 Å². The summed E-state index contributed by atoms with van der Waals surface area (Å²) >= 11 is 4.73. The molecule has 0 bridgehead atoms. The molecule has 0 unspecified atom stereocenters. The molecule has 0 heterocycles. The molecule has 0 aromatic rings. The second-order valence-corrected chi connectivity index (χ2v) is 5.54. The number of nitrogens with zero attached hydrogens (tertiary/aromatic N) is 1. The Labute approximate surface area is 135 Å². The lowest BCUT2D eigenvalue weighted by Crippen LogP contribution is -2.28. The van der Waals surface area contributed by atoms with E-state index in [0.29, 0.717) is 6.42 Å². The highest BCUT2D eigenvalue weighted by Gasteiger charge is 2.02. The van der Waals surface area contributed by atoms with Crippen LogP contribution in [0.1, 0.15) is 58.3 Å². The minimum Gasteiger partial charge on any atom is -0.469 e. The number of carbonyl (C=O) groups is 1. The molecule has 0 aromatic heterocycles. The summed E-state index contributed by atoms with van der Waals surface area (Å²) in [5.74, 6) is -0.0864. The van der Waals surface area contributed by atoms with Gasteiger partial charge in [0, 0.05) is 13.0 Å². The van der Waals surface area contributed by atoms with Crippen LogP contribution in [0.4, 0.5) is 0 Å².